The molecular weight excluding hydrogens is 751 g/mol. The maximum Gasteiger partial charge on any atom is 0.143 e. The van der Waals surface area contributed by atoms with Crippen LogP contribution in [0.25, 0.3) is 77.6 Å². The molecular formula is C60H45NO. The van der Waals surface area contributed by atoms with E-state index in [9.17, 15) is 0 Å². The summed E-state index contributed by atoms with van der Waals surface area (Å²) in [6, 6.07) is 73.3. The van der Waals surface area contributed by atoms with Crippen molar-refractivity contribution in [1.82, 2.24) is 0 Å². The van der Waals surface area contributed by atoms with Gasteiger partial charge in [-0.1, -0.05) is 179 Å². The lowest BCUT2D eigenvalue weighted by atomic mass is 9.77. The van der Waals surface area contributed by atoms with Gasteiger partial charge < -0.3 is 9.32 Å². The molecule has 9 aromatic carbocycles. The predicted octanol–water partition coefficient (Wildman–Crippen LogP) is 16.7. The third-order valence-electron chi connectivity index (χ3n) is 13.9. The van der Waals surface area contributed by atoms with Crippen molar-refractivity contribution in [2.24, 2.45) is 0 Å². The lowest BCUT2D eigenvalue weighted by molar-refractivity contribution is 0.639. The van der Waals surface area contributed by atoms with Gasteiger partial charge in [0.2, 0.25) is 0 Å². The average molecular weight is 796 g/mol. The third-order valence-corrected chi connectivity index (χ3v) is 13.9. The molecule has 0 aliphatic heterocycles. The molecule has 12 rings (SSSR count). The molecule has 296 valence electrons. The van der Waals surface area contributed by atoms with Crippen LogP contribution in [-0.4, -0.2) is 0 Å². The first kappa shape index (κ1) is 36.4. The highest BCUT2D eigenvalue weighted by molar-refractivity contribution is 6.11. The summed E-state index contributed by atoms with van der Waals surface area (Å²) in [5.74, 6) is 0. The quantitative estimate of drug-likeness (QED) is 0.167. The first-order valence-electron chi connectivity index (χ1n) is 21.8. The summed E-state index contributed by atoms with van der Waals surface area (Å²) in [6.07, 6.45) is 0. The Balaban J connectivity index is 0.995. The molecule has 0 saturated heterocycles. The monoisotopic (exact) mass is 795 g/mol. The second-order valence-corrected chi connectivity index (χ2v) is 18.1. The fraction of sp³-hybridized carbons (Fsp3) is 0.100. The van der Waals surface area contributed by atoms with Gasteiger partial charge >= 0.3 is 0 Å². The molecule has 1 aromatic heterocycles. The van der Waals surface area contributed by atoms with E-state index in [0.717, 1.165) is 44.6 Å². The van der Waals surface area contributed by atoms with Crippen LogP contribution >= 0.6 is 0 Å². The standard InChI is InChI=1S/C60H45NO/c1-59(2)52-23-14-20-47(49-22-13-21-48-46-19-11-12-24-56(46)62-58(48)49)57(52)51-36-50-45-34-33-44(35-53(45)60(3,4)54(50)37-55(51)59)61(42-29-25-40(26-30-42)38-15-7-5-8-16-38)43-31-27-41(28-32-43)39-17-9-6-10-18-39/h5-37H,1-4H3. The van der Waals surface area contributed by atoms with E-state index in [2.05, 4.69) is 233 Å². The van der Waals surface area contributed by atoms with Crippen molar-refractivity contribution in [2.45, 2.75) is 38.5 Å². The molecule has 62 heavy (non-hydrogen) atoms. The number of furan rings is 1. The molecule has 0 atom stereocenters. The lowest BCUT2D eigenvalue weighted by Crippen LogP contribution is -2.19. The normalized spacial score (nSPS) is 14.1. The van der Waals surface area contributed by atoms with Gasteiger partial charge in [0.1, 0.15) is 11.2 Å². The maximum absolute atomic E-state index is 6.63. The van der Waals surface area contributed by atoms with Gasteiger partial charge in [0, 0.05) is 44.2 Å². The highest BCUT2D eigenvalue weighted by atomic mass is 16.3. The highest BCUT2D eigenvalue weighted by Crippen LogP contribution is 2.58. The maximum atomic E-state index is 6.63. The molecule has 0 fully saturated rings. The van der Waals surface area contributed by atoms with E-state index in [1.165, 1.54) is 72.3 Å². The van der Waals surface area contributed by atoms with Crippen LogP contribution in [0, 0.1) is 0 Å². The molecule has 2 aliphatic rings. The Kier molecular flexibility index (Phi) is 7.96. The number of hydrogen-bond acceptors (Lipinski definition) is 2. The summed E-state index contributed by atoms with van der Waals surface area (Å²) in [4.78, 5) is 2.41. The SMILES string of the molecule is CC1(C)c2cc(N(c3ccc(-c4ccccc4)cc3)c3ccc(-c4ccccc4)cc3)ccc2-c2cc3c(cc21)C(C)(C)c1cccc(-c2cccc4c2oc2ccccc24)c1-3. The number of anilines is 3. The van der Waals surface area contributed by atoms with Crippen molar-refractivity contribution < 1.29 is 4.42 Å². The fourth-order valence-electron chi connectivity index (χ4n) is 10.6. The van der Waals surface area contributed by atoms with Gasteiger partial charge in [0.15, 0.2) is 0 Å². The van der Waals surface area contributed by atoms with Crippen LogP contribution in [0.3, 0.4) is 0 Å². The Bertz CT molecular complexity index is 3290. The van der Waals surface area contributed by atoms with Crippen molar-refractivity contribution in [1.29, 1.82) is 0 Å². The van der Waals surface area contributed by atoms with Crippen LogP contribution in [0.4, 0.5) is 17.1 Å². The zero-order valence-electron chi connectivity index (χ0n) is 35.4. The van der Waals surface area contributed by atoms with Crippen molar-refractivity contribution in [3.8, 4) is 55.6 Å². The second kappa shape index (κ2) is 13.5. The zero-order valence-corrected chi connectivity index (χ0v) is 35.4. The largest absolute Gasteiger partial charge is 0.455 e. The Morgan fingerprint density at radius 2 is 0.855 bits per heavy atom. The van der Waals surface area contributed by atoms with Gasteiger partial charge in [-0.2, -0.15) is 0 Å². The van der Waals surface area contributed by atoms with Crippen molar-refractivity contribution >= 4 is 39.0 Å². The topological polar surface area (TPSA) is 16.4 Å². The minimum absolute atomic E-state index is 0.178. The summed E-state index contributed by atoms with van der Waals surface area (Å²) < 4.78 is 6.63. The fourth-order valence-corrected chi connectivity index (χ4v) is 10.6. The summed E-state index contributed by atoms with van der Waals surface area (Å²) in [6.45, 7) is 9.61. The molecule has 0 radical (unpaired) electrons. The predicted molar refractivity (Wildman–Crippen MR) is 260 cm³/mol. The van der Waals surface area contributed by atoms with E-state index >= 15 is 0 Å². The highest BCUT2D eigenvalue weighted by Gasteiger charge is 2.43. The smallest absolute Gasteiger partial charge is 0.143 e. The van der Waals surface area contributed by atoms with Crippen LogP contribution in [0.5, 0.6) is 0 Å². The first-order chi connectivity index (χ1) is 30.3. The van der Waals surface area contributed by atoms with Crippen molar-refractivity contribution in [3.63, 3.8) is 0 Å². The molecule has 2 aliphatic carbocycles. The molecule has 1 heterocycles. The van der Waals surface area contributed by atoms with Gasteiger partial charge in [0.25, 0.3) is 0 Å². The van der Waals surface area contributed by atoms with Crippen LogP contribution < -0.4 is 4.90 Å². The third kappa shape index (κ3) is 5.43. The molecule has 2 nitrogen and oxygen atoms in total. The van der Waals surface area contributed by atoms with E-state index in [0.29, 0.717) is 0 Å². The number of fused-ring (bicyclic) bond motifs is 9. The van der Waals surface area contributed by atoms with Crippen LogP contribution in [0.1, 0.15) is 49.9 Å². The van der Waals surface area contributed by atoms with E-state index in [4.69, 9.17) is 4.42 Å². The molecule has 0 amide bonds. The summed E-state index contributed by atoms with van der Waals surface area (Å²) >= 11 is 0. The average Bonchev–Trinajstić information content (AvgIpc) is 3.89. The summed E-state index contributed by atoms with van der Waals surface area (Å²) in [5, 5.41) is 2.31. The number of nitrogens with zero attached hydrogens (tertiary/aromatic N) is 1. The number of rotatable bonds is 6. The van der Waals surface area contributed by atoms with Crippen molar-refractivity contribution in [3.05, 3.63) is 222 Å². The van der Waals surface area contributed by atoms with Gasteiger partial charge in [0.05, 0.1) is 0 Å². The van der Waals surface area contributed by atoms with Gasteiger partial charge in [-0.25, -0.2) is 0 Å². The Morgan fingerprint density at radius 1 is 0.339 bits per heavy atom. The van der Waals surface area contributed by atoms with Crippen LogP contribution in [-0.2, 0) is 10.8 Å². The molecule has 0 bridgehead atoms. The second-order valence-electron chi connectivity index (χ2n) is 18.1. The zero-order chi connectivity index (χ0) is 41.7. The molecule has 0 saturated carbocycles. The van der Waals surface area contributed by atoms with Gasteiger partial charge in [-0.3, -0.25) is 0 Å². The summed E-state index contributed by atoms with van der Waals surface area (Å²) in [5.41, 5.74) is 22.8. The summed E-state index contributed by atoms with van der Waals surface area (Å²) in [7, 11) is 0. The van der Waals surface area contributed by atoms with Crippen molar-refractivity contribution in [2.75, 3.05) is 4.90 Å². The van der Waals surface area contributed by atoms with E-state index in [1.807, 2.05) is 0 Å². The number of para-hydroxylation sites is 2. The Labute approximate surface area is 363 Å². The van der Waals surface area contributed by atoms with E-state index in [1.54, 1.807) is 0 Å². The first-order valence-corrected chi connectivity index (χ1v) is 21.8. The van der Waals surface area contributed by atoms with Crippen LogP contribution in [0.15, 0.2) is 205 Å². The van der Waals surface area contributed by atoms with Crippen LogP contribution in [0.2, 0.25) is 0 Å². The Hall–Kier alpha value is -7.42. The lowest BCUT2D eigenvalue weighted by Gasteiger charge is -2.29. The minimum Gasteiger partial charge on any atom is -0.455 e. The van der Waals surface area contributed by atoms with Gasteiger partial charge in [-0.15, -0.1) is 0 Å². The van der Waals surface area contributed by atoms with E-state index in [-0.39, 0.29) is 10.8 Å². The van der Waals surface area contributed by atoms with Gasteiger partial charge in [-0.05, 0) is 121 Å². The molecule has 2 heteroatoms. The molecule has 0 N–H and O–H groups in total. The molecule has 0 unspecified atom stereocenters. The Morgan fingerprint density at radius 3 is 1.53 bits per heavy atom. The molecule has 10 aromatic rings. The van der Waals surface area contributed by atoms with E-state index < -0.39 is 0 Å². The number of benzene rings is 9. The minimum atomic E-state index is -0.219. The molecule has 0 spiro atoms. The number of hydrogen-bond donors (Lipinski definition) is 0.